The first-order valence-corrected chi connectivity index (χ1v) is 7.43. The molecule has 1 fully saturated rings. The van der Waals surface area contributed by atoms with Crippen LogP contribution in [-0.4, -0.2) is 40.2 Å². The van der Waals surface area contributed by atoms with Gasteiger partial charge in [0.25, 0.3) is 5.56 Å². The van der Waals surface area contributed by atoms with Gasteiger partial charge in [-0.3, -0.25) is 9.69 Å². The summed E-state index contributed by atoms with van der Waals surface area (Å²) in [6.07, 6.45) is 0.395. The number of para-hydroxylation sites is 1. The fourth-order valence-corrected chi connectivity index (χ4v) is 3.01. The number of rotatable bonds is 2. The minimum absolute atomic E-state index is 0.0658. The first kappa shape index (κ1) is 14.2. The molecule has 2 heterocycles. The molecule has 1 aliphatic rings. The fourth-order valence-electron chi connectivity index (χ4n) is 3.01. The van der Waals surface area contributed by atoms with Crippen molar-refractivity contribution < 1.29 is 4.74 Å². The van der Waals surface area contributed by atoms with Gasteiger partial charge in [-0.2, -0.15) is 0 Å². The quantitative estimate of drug-likeness (QED) is 0.919. The monoisotopic (exact) mass is 287 g/mol. The number of aromatic nitrogens is 2. The van der Waals surface area contributed by atoms with Crippen molar-refractivity contribution in [2.75, 3.05) is 13.1 Å². The Bertz CT molecular complexity index is 687. The lowest BCUT2D eigenvalue weighted by Crippen LogP contribution is -2.46. The van der Waals surface area contributed by atoms with Gasteiger partial charge in [-0.15, -0.1) is 0 Å². The van der Waals surface area contributed by atoms with E-state index in [0.717, 1.165) is 24.4 Å². The van der Waals surface area contributed by atoms with Crippen molar-refractivity contribution in [3.63, 3.8) is 0 Å². The summed E-state index contributed by atoms with van der Waals surface area (Å²) in [5.41, 5.74) is 0.675. The van der Waals surface area contributed by atoms with Gasteiger partial charge in [0, 0.05) is 13.1 Å². The van der Waals surface area contributed by atoms with Gasteiger partial charge in [-0.1, -0.05) is 12.1 Å². The summed E-state index contributed by atoms with van der Waals surface area (Å²) in [5, 5.41) is 0.636. The van der Waals surface area contributed by atoms with Crippen LogP contribution < -0.4 is 5.56 Å². The Morgan fingerprint density at radius 2 is 1.95 bits per heavy atom. The second-order valence-electron chi connectivity index (χ2n) is 5.86. The number of hydrogen-bond acceptors (Lipinski definition) is 4. The Morgan fingerprint density at radius 1 is 1.29 bits per heavy atom. The van der Waals surface area contributed by atoms with Crippen molar-refractivity contribution in [3.8, 4) is 0 Å². The van der Waals surface area contributed by atoms with E-state index < -0.39 is 0 Å². The van der Waals surface area contributed by atoms with E-state index in [2.05, 4.69) is 35.6 Å². The Labute approximate surface area is 124 Å². The minimum Gasteiger partial charge on any atom is -0.373 e. The highest BCUT2D eigenvalue weighted by atomic mass is 16.5. The van der Waals surface area contributed by atoms with Crippen LogP contribution in [0.4, 0.5) is 0 Å². The second-order valence-corrected chi connectivity index (χ2v) is 5.86. The Balaban J connectivity index is 1.94. The van der Waals surface area contributed by atoms with Gasteiger partial charge in [-0.05, 0) is 32.9 Å². The van der Waals surface area contributed by atoms with Gasteiger partial charge in [0.1, 0.15) is 5.82 Å². The normalized spacial score (nSPS) is 25.1. The molecule has 2 aromatic rings. The lowest BCUT2D eigenvalue weighted by atomic mass is 10.1. The molecule has 1 saturated heterocycles. The first-order valence-electron chi connectivity index (χ1n) is 7.43. The van der Waals surface area contributed by atoms with E-state index in [9.17, 15) is 4.79 Å². The SMILES string of the molecule is C[C@H]1CN([C@@H](C)c2nc3ccccc3c(=O)[nH]2)C[C@H](C)O1. The lowest BCUT2D eigenvalue weighted by Gasteiger charge is -2.38. The van der Waals surface area contributed by atoms with Crippen LogP contribution in [-0.2, 0) is 4.74 Å². The molecule has 0 radical (unpaired) electrons. The number of hydrogen-bond donors (Lipinski definition) is 1. The lowest BCUT2D eigenvalue weighted by molar-refractivity contribution is -0.0798. The first-order chi connectivity index (χ1) is 10.0. The summed E-state index contributed by atoms with van der Waals surface area (Å²) < 4.78 is 5.76. The number of nitrogens with one attached hydrogen (secondary N) is 1. The Morgan fingerprint density at radius 3 is 2.67 bits per heavy atom. The van der Waals surface area contributed by atoms with Crippen LogP contribution in [0.15, 0.2) is 29.1 Å². The van der Waals surface area contributed by atoms with Crippen molar-refractivity contribution in [1.29, 1.82) is 0 Å². The summed E-state index contributed by atoms with van der Waals surface area (Å²) >= 11 is 0. The van der Waals surface area contributed by atoms with Crippen LogP contribution in [0.1, 0.15) is 32.6 Å². The average molecular weight is 287 g/mol. The smallest absolute Gasteiger partial charge is 0.258 e. The van der Waals surface area contributed by atoms with Gasteiger partial charge < -0.3 is 9.72 Å². The molecule has 3 atom stereocenters. The number of H-pyrrole nitrogens is 1. The topological polar surface area (TPSA) is 58.2 Å². The minimum atomic E-state index is -0.0724. The van der Waals surface area contributed by atoms with E-state index in [-0.39, 0.29) is 23.8 Å². The maximum absolute atomic E-state index is 12.2. The maximum atomic E-state index is 12.2. The zero-order valence-electron chi connectivity index (χ0n) is 12.7. The van der Waals surface area contributed by atoms with Crippen molar-refractivity contribution in [3.05, 3.63) is 40.4 Å². The molecule has 21 heavy (non-hydrogen) atoms. The molecule has 5 heteroatoms. The third kappa shape index (κ3) is 2.84. The Hall–Kier alpha value is -1.72. The molecule has 0 unspecified atom stereocenters. The van der Waals surface area contributed by atoms with Crippen LogP contribution in [0.3, 0.4) is 0 Å². The van der Waals surface area contributed by atoms with Crippen LogP contribution >= 0.6 is 0 Å². The predicted octanol–water partition coefficient (Wildman–Crippen LogP) is 2.09. The standard InChI is InChI=1S/C16H21N3O2/c1-10-8-19(9-11(2)21-10)12(3)15-17-14-7-5-4-6-13(14)16(20)18-15/h4-7,10-12H,8-9H2,1-3H3,(H,17,18,20)/t10-,11-,12-/m0/s1. The van der Waals surface area contributed by atoms with Crippen LogP contribution in [0.5, 0.6) is 0 Å². The van der Waals surface area contributed by atoms with E-state index >= 15 is 0 Å². The molecule has 0 saturated carbocycles. The molecule has 1 aromatic carbocycles. The van der Waals surface area contributed by atoms with Crippen LogP contribution in [0.25, 0.3) is 10.9 Å². The Kier molecular flexibility index (Phi) is 3.78. The molecule has 0 spiro atoms. The van der Waals surface area contributed by atoms with E-state index in [1.807, 2.05) is 18.2 Å². The van der Waals surface area contributed by atoms with E-state index in [1.54, 1.807) is 6.07 Å². The number of nitrogens with zero attached hydrogens (tertiary/aromatic N) is 2. The average Bonchev–Trinajstić information content (AvgIpc) is 2.45. The zero-order chi connectivity index (χ0) is 15.0. The van der Waals surface area contributed by atoms with E-state index in [1.165, 1.54) is 0 Å². The molecule has 3 rings (SSSR count). The maximum Gasteiger partial charge on any atom is 0.258 e. The molecule has 0 amide bonds. The molecule has 112 valence electrons. The molecule has 1 N–H and O–H groups in total. The summed E-state index contributed by atoms with van der Waals surface area (Å²) in [7, 11) is 0. The van der Waals surface area contributed by atoms with Crippen molar-refractivity contribution >= 4 is 10.9 Å². The summed E-state index contributed by atoms with van der Waals surface area (Å²) in [6, 6.07) is 7.51. The second kappa shape index (κ2) is 5.58. The predicted molar refractivity (Wildman–Crippen MR) is 82.4 cm³/mol. The number of fused-ring (bicyclic) bond motifs is 1. The van der Waals surface area contributed by atoms with Gasteiger partial charge in [0.2, 0.25) is 0 Å². The number of ether oxygens (including phenoxy) is 1. The molecule has 0 bridgehead atoms. The van der Waals surface area contributed by atoms with Crippen LogP contribution in [0.2, 0.25) is 0 Å². The molecular formula is C16H21N3O2. The van der Waals surface area contributed by atoms with Gasteiger partial charge in [-0.25, -0.2) is 4.98 Å². The number of aromatic amines is 1. The third-order valence-corrected chi connectivity index (χ3v) is 4.02. The summed E-state index contributed by atoms with van der Waals surface area (Å²) in [4.78, 5) is 22.0. The fraction of sp³-hybridized carbons (Fsp3) is 0.500. The number of benzene rings is 1. The highest BCUT2D eigenvalue weighted by Gasteiger charge is 2.27. The third-order valence-electron chi connectivity index (χ3n) is 4.02. The largest absolute Gasteiger partial charge is 0.373 e. The molecule has 1 aromatic heterocycles. The highest BCUT2D eigenvalue weighted by molar-refractivity contribution is 5.77. The van der Waals surface area contributed by atoms with Gasteiger partial charge in [0.15, 0.2) is 0 Å². The molecular weight excluding hydrogens is 266 g/mol. The van der Waals surface area contributed by atoms with E-state index in [4.69, 9.17) is 4.74 Å². The van der Waals surface area contributed by atoms with Gasteiger partial charge in [0.05, 0.1) is 29.2 Å². The van der Waals surface area contributed by atoms with Crippen LogP contribution in [0, 0.1) is 0 Å². The summed E-state index contributed by atoms with van der Waals surface area (Å²) in [5.74, 6) is 0.722. The highest BCUT2D eigenvalue weighted by Crippen LogP contribution is 2.22. The van der Waals surface area contributed by atoms with E-state index in [0.29, 0.717) is 5.39 Å². The van der Waals surface area contributed by atoms with Crippen molar-refractivity contribution in [2.24, 2.45) is 0 Å². The molecule has 1 aliphatic heterocycles. The molecule has 5 nitrogen and oxygen atoms in total. The summed E-state index contributed by atoms with van der Waals surface area (Å²) in [6.45, 7) is 7.93. The zero-order valence-corrected chi connectivity index (χ0v) is 12.7. The van der Waals surface area contributed by atoms with Gasteiger partial charge >= 0.3 is 0 Å². The number of morpholine rings is 1. The van der Waals surface area contributed by atoms with Crippen molar-refractivity contribution in [1.82, 2.24) is 14.9 Å². The molecule has 0 aliphatic carbocycles. The van der Waals surface area contributed by atoms with Crippen molar-refractivity contribution in [2.45, 2.75) is 39.0 Å².